The van der Waals surface area contributed by atoms with E-state index < -0.39 is 11.6 Å². The van der Waals surface area contributed by atoms with Gasteiger partial charge in [-0.2, -0.15) is 0 Å². The lowest BCUT2D eigenvalue weighted by molar-refractivity contribution is 0.112. The van der Waals surface area contributed by atoms with Gasteiger partial charge in [-0.25, -0.2) is 8.78 Å². The minimum absolute atomic E-state index is 0.0680. The number of nitrogens with one attached hydrogen (secondary N) is 1. The minimum atomic E-state index is -0.563. The van der Waals surface area contributed by atoms with Crippen molar-refractivity contribution >= 4 is 17.2 Å². The molecule has 0 unspecified atom stereocenters. The van der Waals surface area contributed by atoms with Crippen molar-refractivity contribution in [2.24, 2.45) is 0 Å². The molecule has 0 spiro atoms. The quantitative estimate of drug-likeness (QED) is 0.640. The molecule has 0 saturated heterocycles. The van der Waals surface area contributed by atoms with Crippen LogP contribution in [0.5, 0.6) is 0 Å². The summed E-state index contributed by atoms with van der Waals surface area (Å²) in [6.07, 6.45) is 3.78. The number of aryl methyl sites for hydroxylation is 1. The Morgan fingerprint density at radius 3 is 2.70 bits per heavy atom. The molecular weight excluding hydrogens is 296 g/mol. The number of hydrogen-bond acceptors (Lipinski definition) is 1. The van der Waals surface area contributed by atoms with E-state index in [2.05, 4.69) is 11.9 Å². The second-order valence-electron chi connectivity index (χ2n) is 5.64. The number of H-pyrrole nitrogens is 1. The van der Waals surface area contributed by atoms with Gasteiger partial charge in [0.05, 0.1) is 5.69 Å². The number of benzene rings is 2. The van der Waals surface area contributed by atoms with Crippen LogP contribution >= 0.6 is 0 Å². The standard InChI is InChI=1S/C19H17F2NO/c1-2-3-4-12-5-8-18-14(9-12)16(11-23)19(22-18)15-10-13(20)6-7-17(15)21/h5-11,22H,2-4H2,1H3. The Morgan fingerprint density at radius 1 is 1.13 bits per heavy atom. The first-order valence-electron chi connectivity index (χ1n) is 7.69. The molecule has 1 N–H and O–H groups in total. The molecule has 1 aromatic heterocycles. The summed E-state index contributed by atoms with van der Waals surface area (Å²) in [6.45, 7) is 2.12. The Balaban J connectivity index is 2.18. The third-order valence-corrected chi connectivity index (χ3v) is 4.04. The number of halogens is 2. The number of aromatic amines is 1. The Labute approximate surface area is 133 Å². The van der Waals surface area contributed by atoms with Crippen molar-refractivity contribution in [2.45, 2.75) is 26.2 Å². The van der Waals surface area contributed by atoms with Gasteiger partial charge in [0.15, 0.2) is 6.29 Å². The van der Waals surface area contributed by atoms with Crippen LogP contribution in [-0.2, 0) is 6.42 Å². The van der Waals surface area contributed by atoms with Crippen molar-refractivity contribution in [3.63, 3.8) is 0 Å². The van der Waals surface area contributed by atoms with Crippen LogP contribution in [0, 0.1) is 11.6 Å². The fraction of sp³-hybridized carbons (Fsp3) is 0.211. The van der Waals surface area contributed by atoms with Gasteiger partial charge in [0.25, 0.3) is 0 Å². The van der Waals surface area contributed by atoms with Crippen LogP contribution in [-0.4, -0.2) is 11.3 Å². The lowest BCUT2D eigenvalue weighted by Crippen LogP contribution is -1.90. The molecule has 0 amide bonds. The zero-order chi connectivity index (χ0) is 16.4. The third kappa shape index (κ3) is 2.89. The van der Waals surface area contributed by atoms with E-state index in [0.717, 1.165) is 53.9 Å². The van der Waals surface area contributed by atoms with Gasteiger partial charge in [-0.3, -0.25) is 4.79 Å². The molecule has 2 aromatic carbocycles. The van der Waals surface area contributed by atoms with Crippen molar-refractivity contribution in [2.75, 3.05) is 0 Å². The van der Waals surface area contributed by atoms with Crippen LogP contribution in [0.15, 0.2) is 36.4 Å². The van der Waals surface area contributed by atoms with Crippen molar-refractivity contribution in [3.8, 4) is 11.3 Å². The summed E-state index contributed by atoms with van der Waals surface area (Å²) in [4.78, 5) is 14.6. The minimum Gasteiger partial charge on any atom is -0.354 e. The van der Waals surface area contributed by atoms with Gasteiger partial charge in [0.2, 0.25) is 0 Å². The average molecular weight is 313 g/mol. The van der Waals surface area contributed by atoms with Gasteiger partial charge in [0, 0.05) is 22.0 Å². The summed E-state index contributed by atoms with van der Waals surface area (Å²) in [6, 6.07) is 9.06. The Bertz CT molecular complexity index is 867. The summed E-state index contributed by atoms with van der Waals surface area (Å²) in [5.74, 6) is -1.10. The lowest BCUT2D eigenvalue weighted by atomic mass is 10.0. The SMILES string of the molecule is CCCCc1ccc2[nH]c(-c3cc(F)ccc3F)c(C=O)c2c1. The van der Waals surface area contributed by atoms with Gasteiger partial charge in [0.1, 0.15) is 11.6 Å². The number of carbonyl (C=O) groups excluding carboxylic acids is 1. The molecule has 4 heteroatoms. The Morgan fingerprint density at radius 2 is 1.96 bits per heavy atom. The number of aldehydes is 1. The molecule has 0 saturated carbocycles. The second-order valence-corrected chi connectivity index (χ2v) is 5.64. The molecule has 23 heavy (non-hydrogen) atoms. The van der Waals surface area contributed by atoms with Crippen LogP contribution < -0.4 is 0 Å². The molecule has 118 valence electrons. The largest absolute Gasteiger partial charge is 0.354 e. The molecule has 0 aliphatic rings. The topological polar surface area (TPSA) is 32.9 Å². The zero-order valence-electron chi connectivity index (χ0n) is 12.8. The number of hydrogen-bond donors (Lipinski definition) is 1. The molecule has 1 heterocycles. The van der Waals surface area contributed by atoms with E-state index in [1.165, 1.54) is 0 Å². The van der Waals surface area contributed by atoms with Gasteiger partial charge in [-0.1, -0.05) is 19.4 Å². The fourth-order valence-corrected chi connectivity index (χ4v) is 2.82. The maximum absolute atomic E-state index is 14.0. The molecule has 0 fully saturated rings. The average Bonchev–Trinajstić information content (AvgIpc) is 2.92. The summed E-state index contributed by atoms with van der Waals surface area (Å²) in [5.41, 5.74) is 2.62. The predicted octanol–water partition coefficient (Wildman–Crippen LogP) is 5.27. The highest BCUT2D eigenvalue weighted by molar-refractivity contribution is 6.04. The van der Waals surface area contributed by atoms with Gasteiger partial charge < -0.3 is 4.98 Å². The maximum atomic E-state index is 14.0. The molecule has 0 atom stereocenters. The first kappa shape index (κ1) is 15.4. The predicted molar refractivity (Wildman–Crippen MR) is 87.7 cm³/mol. The smallest absolute Gasteiger partial charge is 0.152 e. The molecule has 0 radical (unpaired) electrons. The van der Waals surface area contributed by atoms with Crippen LogP contribution in [0.2, 0.25) is 0 Å². The van der Waals surface area contributed by atoms with E-state index in [0.29, 0.717) is 17.5 Å². The molecular formula is C19H17F2NO. The summed E-state index contributed by atoms with van der Waals surface area (Å²) >= 11 is 0. The van der Waals surface area contributed by atoms with Crippen molar-refractivity contribution in [1.82, 2.24) is 4.98 Å². The number of carbonyl (C=O) groups is 1. The lowest BCUT2D eigenvalue weighted by Gasteiger charge is -2.02. The molecule has 2 nitrogen and oxygen atoms in total. The van der Waals surface area contributed by atoms with Crippen molar-refractivity contribution < 1.29 is 13.6 Å². The van der Waals surface area contributed by atoms with Gasteiger partial charge in [-0.05, 0) is 48.7 Å². The number of rotatable bonds is 5. The van der Waals surface area contributed by atoms with E-state index in [9.17, 15) is 13.6 Å². The van der Waals surface area contributed by atoms with Crippen molar-refractivity contribution in [3.05, 3.63) is 59.2 Å². The number of unbranched alkanes of at least 4 members (excludes halogenated alkanes) is 1. The first-order valence-corrected chi connectivity index (χ1v) is 7.69. The highest BCUT2D eigenvalue weighted by atomic mass is 19.1. The van der Waals surface area contributed by atoms with E-state index in [1.54, 1.807) is 0 Å². The Hall–Kier alpha value is -2.49. The van der Waals surface area contributed by atoms with Crippen LogP contribution in [0.4, 0.5) is 8.78 Å². The summed E-state index contributed by atoms with van der Waals surface area (Å²) < 4.78 is 27.5. The summed E-state index contributed by atoms with van der Waals surface area (Å²) in [5, 5.41) is 0.743. The summed E-state index contributed by atoms with van der Waals surface area (Å²) in [7, 11) is 0. The van der Waals surface area contributed by atoms with Gasteiger partial charge in [-0.15, -0.1) is 0 Å². The molecule has 0 aliphatic carbocycles. The highest BCUT2D eigenvalue weighted by Gasteiger charge is 2.16. The normalized spacial score (nSPS) is 11.1. The van der Waals surface area contributed by atoms with E-state index >= 15 is 0 Å². The van der Waals surface area contributed by atoms with Crippen LogP contribution in [0.1, 0.15) is 35.7 Å². The molecule has 3 rings (SSSR count). The fourth-order valence-electron chi connectivity index (χ4n) is 2.82. The molecule has 0 bridgehead atoms. The third-order valence-electron chi connectivity index (χ3n) is 4.04. The zero-order valence-corrected chi connectivity index (χ0v) is 12.8. The first-order chi connectivity index (χ1) is 11.1. The van der Waals surface area contributed by atoms with Crippen LogP contribution in [0.3, 0.4) is 0 Å². The molecule has 0 aliphatic heterocycles. The highest BCUT2D eigenvalue weighted by Crippen LogP contribution is 2.32. The Kier molecular flexibility index (Phi) is 4.24. The van der Waals surface area contributed by atoms with E-state index in [1.807, 2.05) is 18.2 Å². The number of fused-ring (bicyclic) bond motifs is 1. The second kappa shape index (κ2) is 6.32. The molecule has 3 aromatic rings. The monoisotopic (exact) mass is 313 g/mol. The van der Waals surface area contributed by atoms with Gasteiger partial charge >= 0.3 is 0 Å². The van der Waals surface area contributed by atoms with E-state index in [-0.39, 0.29) is 5.56 Å². The van der Waals surface area contributed by atoms with Crippen molar-refractivity contribution in [1.29, 1.82) is 0 Å². The number of aromatic nitrogens is 1. The maximum Gasteiger partial charge on any atom is 0.152 e. The van der Waals surface area contributed by atoms with Crippen LogP contribution in [0.25, 0.3) is 22.2 Å². The van der Waals surface area contributed by atoms with E-state index in [4.69, 9.17) is 0 Å².